The lowest BCUT2D eigenvalue weighted by Crippen LogP contribution is -2.34. The third-order valence-electron chi connectivity index (χ3n) is 2.22. The van der Waals surface area contributed by atoms with Gasteiger partial charge in [0.1, 0.15) is 0 Å². The van der Waals surface area contributed by atoms with Crippen molar-refractivity contribution in [3.8, 4) is 6.07 Å². The van der Waals surface area contributed by atoms with Crippen molar-refractivity contribution in [2.45, 2.75) is 11.8 Å². The first-order valence-electron chi connectivity index (χ1n) is 4.11. The first-order valence-corrected chi connectivity index (χ1v) is 4.11. The summed E-state index contributed by atoms with van der Waals surface area (Å²) in [5.41, 5.74) is 2.16. The summed E-state index contributed by atoms with van der Waals surface area (Å²) in [6.45, 7) is 0. The van der Waals surface area contributed by atoms with Crippen LogP contribution in [-0.2, 0) is 5.66 Å². The molecule has 1 aromatic carbocycles. The number of rotatable bonds is 1. The van der Waals surface area contributed by atoms with Crippen LogP contribution < -0.4 is 10.9 Å². The van der Waals surface area contributed by atoms with Crippen molar-refractivity contribution < 1.29 is 13.2 Å². The van der Waals surface area contributed by atoms with Crippen molar-refractivity contribution >= 4 is 0 Å². The molecule has 0 saturated carbocycles. The quantitative estimate of drug-likeness (QED) is 0.692. The second-order valence-electron chi connectivity index (χ2n) is 3.19. The lowest BCUT2D eigenvalue weighted by molar-refractivity contribution is -0.165. The van der Waals surface area contributed by atoms with Crippen LogP contribution in [-0.4, -0.2) is 6.18 Å². The minimum Gasteiger partial charge on any atom is -0.223 e. The zero-order chi connectivity index (χ0) is 11.1. The fraction of sp³-hybridized carbons (Fsp3) is 0.222. The van der Waals surface area contributed by atoms with E-state index in [0.717, 1.165) is 0 Å². The summed E-state index contributed by atoms with van der Waals surface area (Å²) in [4.78, 5) is 0. The fourth-order valence-electron chi connectivity index (χ4n) is 1.33. The Morgan fingerprint density at radius 3 is 2.40 bits per heavy atom. The molecular formula is C9H6F3N3. The summed E-state index contributed by atoms with van der Waals surface area (Å²) in [6.07, 6.45) is -4.43. The highest BCUT2D eigenvalue weighted by atomic mass is 19.4. The number of nitriles is 1. The van der Waals surface area contributed by atoms with E-state index >= 15 is 0 Å². The lowest BCUT2D eigenvalue weighted by atomic mass is 10.0. The van der Waals surface area contributed by atoms with Crippen molar-refractivity contribution in [3.05, 3.63) is 35.4 Å². The Morgan fingerprint density at radius 2 is 1.93 bits per heavy atom. The maximum Gasteiger partial charge on any atom is 0.426 e. The molecule has 1 aromatic rings. The normalized spacial score (nSPS) is 18.3. The van der Waals surface area contributed by atoms with Gasteiger partial charge in [0.25, 0.3) is 0 Å². The van der Waals surface area contributed by atoms with Crippen LogP contribution in [0.2, 0.25) is 0 Å². The average Bonchev–Trinajstić information content (AvgIpc) is 2.97. The van der Waals surface area contributed by atoms with Gasteiger partial charge in [0.15, 0.2) is 0 Å². The standard InChI is InChI=1S/C9H6F3N3/c10-9(11,12)8(14-15-8)7-3-1-2-6(4-7)5-13/h1-4,14-15H. The highest BCUT2D eigenvalue weighted by Crippen LogP contribution is 2.42. The number of halogens is 3. The molecule has 2 N–H and O–H groups in total. The first kappa shape index (κ1) is 9.96. The Balaban J connectivity index is 2.43. The first-order chi connectivity index (χ1) is 6.99. The number of alkyl halides is 3. The van der Waals surface area contributed by atoms with Crippen LogP contribution in [0.4, 0.5) is 13.2 Å². The molecule has 1 aliphatic rings. The van der Waals surface area contributed by atoms with E-state index < -0.39 is 11.8 Å². The zero-order valence-electron chi connectivity index (χ0n) is 7.39. The molecule has 0 radical (unpaired) electrons. The minimum absolute atomic E-state index is 0.00551. The largest absolute Gasteiger partial charge is 0.426 e. The number of hydrazine groups is 1. The third-order valence-corrected chi connectivity index (χ3v) is 2.22. The van der Waals surface area contributed by atoms with Crippen LogP contribution >= 0.6 is 0 Å². The van der Waals surface area contributed by atoms with Gasteiger partial charge in [-0.1, -0.05) is 12.1 Å². The fourth-order valence-corrected chi connectivity index (χ4v) is 1.33. The summed E-state index contributed by atoms with van der Waals surface area (Å²) in [5, 5.41) is 8.58. The molecule has 1 saturated heterocycles. The van der Waals surface area contributed by atoms with Gasteiger partial charge in [-0.2, -0.15) is 18.4 Å². The van der Waals surface area contributed by atoms with Gasteiger partial charge >= 0.3 is 6.18 Å². The van der Waals surface area contributed by atoms with Gasteiger partial charge in [0, 0.05) is 0 Å². The number of benzene rings is 1. The highest BCUT2D eigenvalue weighted by molar-refractivity contribution is 5.38. The summed E-state index contributed by atoms with van der Waals surface area (Å²) < 4.78 is 37.8. The number of hydrogen-bond donors (Lipinski definition) is 2. The van der Waals surface area contributed by atoms with Crippen LogP contribution in [0.15, 0.2) is 24.3 Å². The van der Waals surface area contributed by atoms with Gasteiger partial charge in [-0.3, -0.25) is 0 Å². The molecule has 78 valence electrons. The predicted octanol–water partition coefficient (Wildman–Crippen LogP) is 1.38. The predicted molar refractivity (Wildman–Crippen MR) is 45.2 cm³/mol. The summed E-state index contributed by atoms with van der Waals surface area (Å²) in [7, 11) is 0. The Bertz CT molecular complexity index is 429. The lowest BCUT2D eigenvalue weighted by Gasteiger charge is -2.15. The molecule has 1 aliphatic heterocycles. The van der Waals surface area contributed by atoms with Gasteiger partial charge in [-0.05, 0) is 17.7 Å². The molecule has 0 atom stereocenters. The van der Waals surface area contributed by atoms with E-state index in [9.17, 15) is 13.2 Å². The van der Waals surface area contributed by atoms with Gasteiger partial charge in [0.05, 0.1) is 11.6 Å². The topological polar surface area (TPSA) is 67.7 Å². The van der Waals surface area contributed by atoms with Gasteiger partial charge < -0.3 is 0 Å². The highest BCUT2D eigenvalue weighted by Gasteiger charge is 2.65. The summed E-state index contributed by atoms with van der Waals surface area (Å²) in [5.74, 6) is 0. The van der Waals surface area contributed by atoms with Crippen LogP contribution in [0.25, 0.3) is 0 Å². The molecule has 0 amide bonds. The molecule has 1 fully saturated rings. The van der Waals surface area contributed by atoms with Gasteiger partial charge in [-0.15, -0.1) is 0 Å². The Labute approximate surface area is 83.5 Å². The summed E-state index contributed by atoms with van der Waals surface area (Å²) >= 11 is 0. The molecule has 6 heteroatoms. The number of hydrogen-bond acceptors (Lipinski definition) is 3. The number of nitrogens with zero attached hydrogens (tertiary/aromatic N) is 1. The van der Waals surface area contributed by atoms with Crippen molar-refractivity contribution in [3.63, 3.8) is 0 Å². The van der Waals surface area contributed by atoms with Crippen LogP contribution in [0.5, 0.6) is 0 Å². The van der Waals surface area contributed by atoms with Gasteiger partial charge in [0.2, 0.25) is 5.66 Å². The molecule has 1 heterocycles. The third kappa shape index (κ3) is 1.46. The van der Waals surface area contributed by atoms with Gasteiger partial charge in [-0.25, -0.2) is 10.9 Å². The Morgan fingerprint density at radius 1 is 1.27 bits per heavy atom. The molecule has 0 aliphatic carbocycles. The Hall–Kier alpha value is -1.58. The molecule has 15 heavy (non-hydrogen) atoms. The smallest absolute Gasteiger partial charge is 0.223 e. The van der Waals surface area contributed by atoms with Crippen LogP contribution in [0, 0.1) is 11.3 Å². The molecule has 0 aromatic heterocycles. The molecule has 2 rings (SSSR count). The van der Waals surface area contributed by atoms with Crippen molar-refractivity contribution in [2.75, 3.05) is 0 Å². The van der Waals surface area contributed by atoms with E-state index in [1.165, 1.54) is 24.3 Å². The molecule has 0 spiro atoms. The van der Waals surface area contributed by atoms with E-state index in [1.807, 2.05) is 0 Å². The van der Waals surface area contributed by atoms with Crippen LogP contribution in [0.1, 0.15) is 11.1 Å². The van der Waals surface area contributed by atoms with E-state index in [-0.39, 0.29) is 11.1 Å². The average molecular weight is 213 g/mol. The van der Waals surface area contributed by atoms with Crippen molar-refractivity contribution in [1.29, 1.82) is 5.26 Å². The molecule has 3 nitrogen and oxygen atoms in total. The van der Waals surface area contributed by atoms with E-state index in [1.54, 1.807) is 6.07 Å². The zero-order valence-corrected chi connectivity index (χ0v) is 7.39. The van der Waals surface area contributed by atoms with Crippen LogP contribution in [0.3, 0.4) is 0 Å². The summed E-state index contributed by atoms with van der Waals surface area (Å²) in [6, 6.07) is 7.20. The van der Waals surface area contributed by atoms with Crippen molar-refractivity contribution in [2.24, 2.45) is 0 Å². The maximum absolute atomic E-state index is 12.6. The molecule has 0 bridgehead atoms. The minimum atomic E-state index is -4.43. The SMILES string of the molecule is N#Cc1cccc(C2(C(F)(F)F)NN2)c1. The second-order valence-corrected chi connectivity index (χ2v) is 3.19. The Kier molecular flexibility index (Phi) is 1.96. The maximum atomic E-state index is 12.6. The van der Waals surface area contributed by atoms with E-state index in [2.05, 4.69) is 10.9 Å². The molecular weight excluding hydrogens is 207 g/mol. The second kappa shape index (κ2) is 2.95. The number of nitrogens with one attached hydrogen (secondary N) is 2. The van der Waals surface area contributed by atoms with E-state index in [4.69, 9.17) is 5.26 Å². The van der Waals surface area contributed by atoms with Crippen molar-refractivity contribution in [1.82, 2.24) is 10.9 Å². The monoisotopic (exact) mass is 213 g/mol. The van der Waals surface area contributed by atoms with E-state index in [0.29, 0.717) is 0 Å². The molecule has 0 unspecified atom stereocenters.